The minimum atomic E-state index is -1.33. The van der Waals surface area contributed by atoms with Gasteiger partial charge in [0.05, 0.1) is 0 Å². The summed E-state index contributed by atoms with van der Waals surface area (Å²) in [5.74, 6) is -2.92. The van der Waals surface area contributed by atoms with Gasteiger partial charge in [0.2, 0.25) is 0 Å². The van der Waals surface area contributed by atoms with Gasteiger partial charge < -0.3 is 9.84 Å². The second-order valence-corrected chi connectivity index (χ2v) is 3.80. The number of ether oxygens (including phenoxy) is 1. The summed E-state index contributed by atoms with van der Waals surface area (Å²) < 4.78 is 13.6. The molecule has 2 rings (SSSR count). The molecule has 0 aliphatic heterocycles. The molecule has 0 atom stereocenters. The van der Waals surface area contributed by atoms with E-state index >= 15 is 0 Å². The van der Waals surface area contributed by atoms with Crippen LogP contribution in [0.1, 0.15) is 53.2 Å². The summed E-state index contributed by atoms with van der Waals surface area (Å²) >= 11 is 0. The van der Waals surface area contributed by atoms with Gasteiger partial charge in [0.25, 0.3) is 0 Å². The van der Waals surface area contributed by atoms with Crippen LogP contribution in [0.15, 0.2) is 9.15 Å². The summed E-state index contributed by atoms with van der Waals surface area (Å²) in [6.07, 6.45) is 4.72. The molecule has 6 heteroatoms. The Kier molecular flexibility index (Phi) is 2.98. The van der Waals surface area contributed by atoms with E-state index in [0.717, 1.165) is 32.1 Å². The standard InChI is InChI=1S/C10H12O6/c11-9(12)7-8(16-15-7)10(13)14-6-4-2-1-3-5-6/h6H,1-5H2,(H,11,12). The van der Waals surface area contributed by atoms with Crippen molar-refractivity contribution in [1.29, 1.82) is 0 Å². The summed E-state index contributed by atoms with van der Waals surface area (Å²) in [7, 11) is 0. The zero-order valence-electron chi connectivity index (χ0n) is 8.60. The topological polar surface area (TPSA) is 89.9 Å². The fraction of sp³-hybridized carbons (Fsp3) is 0.600. The molecule has 1 aliphatic rings. The van der Waals surface area contributed by atoms with E-state index in [-0.39, 0.29) is 11.9 Å². The minimum Gasteiger partial charge on any atom is -0.475 e. The highest BCUT2D eigenvalue weighted by atomic mass is 17.0. The van der Waals surface area contributed by atoms with Gasteiger partial charge in [-0.3, -0.25) is 9.15 Å². The van der Waals surface area contributed by atoms with Crippen molar-refractivity contribution in [3.63, 3.8) is 0 Å². The first-order chi connectivity index (χ1) is 7.68. The van der Waals surface area contributed by atoms with E-state index < -0.39 is 17.7 Å². The molecule has 1 fully saturated rings. The number of rotatable bonds is 3. The Hall–Kier alpha value is -1.72. The Morgan fingerprint density at radius 3 is 2.25 bits per heavy atom. The number of hydrogen-bond donors (Lipinski definition) is 1. The van der Waals surface area contributed by atoms with Crippen LogP contribution in [0.3, 0.4) is 0 Å². The molecule has 1 aromatic heterocycles. The second kappa shape index (κ2) is 4.42. The lowest BCUT2D eigenvalue weighted by Crippen LogP contribution is -2.23. The maximum Gasteiger partial charge on any atom is 0.383 e. The zero-order valence-corrected chi connectivity index (χ0v) is 8.60. The highest BCUT2D eigenvalue weighted by Gasteiger charge is 2.32. The van der Waals surface area contributed by atoms with E-state index in [4.69, 9.17) is 9.84 Å². The van der Waals surface area contributed by atoms with E-state index in [9.17, 15) is 9.59 Å². The maximum atomic E-state index is 11.5. The molecule has 1 aliphatic carbocycles. The summed E-state index contributed by atoms with van der Waals surface area (Å²) in [6.45, 7) is 0. The Morgan fingerprint density at radius 1 is 1.12 bits per heavy atom. The van der Waals surface area contributed by atoms with Crippen LogP contribution in [0.5, 0.6) is 0 Å². The molecule has 0 saturated heterocycles. The van der Waals surface area contributed by atoms with Gasteiger partial charge >= 0.3 is 23.5 Å². The third kappa shape index (κ3) is 2.10. The van der Waals surface area contributed by atoms with Crippen LogP contribution in [0.4, 0.5) is 0 Å². The van der Waals surface area contributed by atoms with E-state index in [1.165, 1.54) is 0 Å². The number of carboxylic acid groups (broad SMARTS) is 1. The molecule has 1 aromatic rings. The number of carbonyl (C=O) groups is 2. The molecule has 1 N–H and O–H groups in total. The fourth-order valence-electron chi connectivity index (χ4n) is 1.77. The van der Waals surface area contributed by atoms with Crippen molar-refractivity contribution < 1.29 is 28.6 Å². The van der Waals surface area contributed by atoms with Crippen molar-refractivity contribution in [3.8, 4) is 0 Å². The van der Waals surface area contributed by atoms with Crippen LogP contribution in [0, 0.1) is 0 Å². The normalized spacial score (nSPS) is 17.2. The molecule has 0 unspecified atom stereocenters. The number of esters is 1. The molecule has 0 aromatic carbocycles. The third-order valence-electron chi connectivity index (χ3n) is 2.62. The van der Waals surface area contributed by atoms with Gasteiger partial charge in [-0.05, 0) is 25.7 Å². The number of hydrogen-bond acceptors (Lipinski definition) is 5. The van der Waals surface area contributed by atoms with E-state index in [1.54, 1.807) is 0 Å². The lowest BCUT2D eigenvalue weighted by molar-refractivity contribution is -0.0469. The van der Waals surface area contributed by atoms with Crippen LogP contribution in [-0.2, 0) is 4.74 Å². The fourth-order valence-corrected chi connectivity index (χ4v) is 1.77. The van der Waals surface area contributed by atoms with Crippen LogP contribution in [-0.4, -0.2) is 23.1 Å². The minimum absolute atomic E-state index is 0.131. The maximum absolute atomic E-state index is 11.5. The van der Waals surface area contributed by atoms with Gasteiger partial charge in [0, 0.05) is 0 Å². The molecular weight excluding hydrogens is 216 g/mol. The second-order valence-electron chi connectivity index (χ2n) is 3.80. The molecular formula is C10H12O6. The number of carbonyl (C=O) groups excluding carboxylic acids is 1. The summed E-state index contributed by atoms with van der Waals surface area (Å²) in [6, 6.07) is 0. The summed E-state index contributed by atoms with van der Waals surface area (Å²) in [4.78, 5) is 22.0. The van der Waals surface area contributed by atoms with Gasteiger partial charge in [-0.1, -0.05) is 6.42 Å². The number of carboxylic acids is 1. The lowest BCUT2D eigenvalue weighted by atomic mass is 9.98. The number of aromatic carboxylic acids is 1. The largest absolute Gasteiger partial charge is 0.475 e. The highest BCUT2D eigenvalue weighted by molar-refractivity contribution is 5.98. The van der Waals surface area contributed by atoms with Gasteiger partial charge in [-0.25, -0.2) is 9.59 Å². The van der Waals surface area contributed by atoms with Crippen molar-refractivity contribution in [2.75, 3.05) is 0 Å². The Morgan fingerprint density at radius 2 is 1.75 bits per heavy atom. The molecule has 1 heterocycles. The van der Waals surface area contributed by atoms with Crippen LogP contribution in [0.25, 0.3) is 0 Å². The Balaban J connectivity index is 1.93. The van der Waals surface area contributed by atoms with Gasteiger partial charge in [0.15, 0.2) is 0 Å². The molecule has 0 radical (unpaired) electrons. The van der Waals surface area contributed by atoms with Crippen LogP contribution >= 0.6 is 0 Å². The summed E-state index contributed by atoms with van der Waals surface area (Å²) in [5, 5.41) is 8.59. The molecule has 88 valence electrons. The first-order valence-electron chi connectivity index (χ1n) is 5.21. The van der Waals surface area contributed by atoms with E-state index in [2.05, 4.69) is 9.15 Å². The highest BCUT2D eigenvalue weighted by Crippen LogP contribution is 2.23. The average molecular weight is 228 g/mol. The van der Waals surface area contributed by atoms with Crippen molar-refractivity contribution in [3.05, 3.63) is 11.5 Å². The Labute approximate surface area is 91.1 Å². The molecule has 16 heavy (non-hydrogen) atoms. The molecule has 0 bridgehead atoms. The van der Waals surface area contributed by atoms with Crippen molar-refractivity contribution in [2.24, 2.45) is 0 Å². The van der Waals surface area contributed by atoms with Crippen LogP contribution in [0.2, 0.25) is 0 Å². The quantitative estimate of drug-likeness (QED) is 0.629. The Bertz CT molecular complexity index is 382. The predicted molar refractivity (Wildman–Crippen MR) is 50.2 cm³/mol. The monoisotopic (exact) mass is 228 g/mol. The average Bonchev–Trinajstić information content (AvgIpc) is 2.16. The third-order valence-corrected chi connectivity index (χ3v) is 2.62. The zero-order chi connectivity index (χ0) is 11.5. The predicted octanol–water partition coefficient (Wildman–Crippen LogP) is 2.06. The molecule has 0 amide bonds. The first-order valence-corrected chi connectivity index (χ1v) is 5.21. The van der Waals surface area contributed by atoms with Gasteiger partial charge in [-0.2, -0.15) is 0 Å². The van der Waals surface area contributed by atoms with Crippen molar-refractivity contribution >= 4 is 11.9 Å². The smallest absolute Gasteiger partial charge is 0.383 e. The van der Waals surface area contributed by atoms with Gasteiger partial charge in [-0.15, -0.1) is 0 Å². The van der Waals surface area contributed by atoms with Gasteiger partial charge in [0.1, 0.15) is 6.10 Å². The molecule has 1 saturated carbocycles. The van der Waals surface area contributed by atoms with Crippen LogP contribution < -0.4 is 0 Å². The van der Waals surface area contributed by atoms with Crippen molar-refractivity contribution in [1.82, 2.24) is 0 Å². The first kappa shape index (κ1) is 10.8. The van der Waals surface area contributed by atoms with Crippen molar-refractivity contribution in [2.45, 2.75) is 38.2 Å². The van der Waals surface area contributed by atoms with E-state index in [1.807, 2.05) is 0 Å². The van der Waals surface area contributed by atoms with E-state index in [0.29, 0.717) is 0 Å². The molecule has 0 spiro atoms. The SMILES string of the molecule is O=C(O)c1ooc1C(=O)OC1CCCCC1. The lowest BCUT2D eigenvalue weighted by Gasteiger charge is -2.21. The summed E-state index contributed by atoms with van der Waals surface area (Å²) in [5.41, 5.74) is 0. The molecule has 6 nitrogen and oxygen atoms in total.